The molecule has 0 heterocycles. The van der Waals surface area contributed by atoms with Crippen LogP contribution in [-0.2, 0) is 0 Å². The van der Waals surface area contributed by atoms with Crippen LogP contribution in [0.1, 0.15) is 41.6 Å². The van der Waals surface area contributed by atoms with Gasteiger partial charge in [-0.25, -0.2) is 8.78 Å². The molecule has 1 nitrogen and oxygen atoms in total. The SMILES string of the molecule is CCCNC(c1ccc(C)cc1)c1cc(F)c(C)cc1F. The molecule has 2 aromatic carbocycles. The molecule has 2 aromatic rings. The van der Waals surface area contributed by atoms with Gasteiger partial charge in [-0.15, -0.1) is 0 Å². The molecule has 3 heteroatoms. The Morgan fingerprint density at radius 3 is 2.29 bits per heavy atom. The highest BCUT2D eigenvalue weighted by molar-refractivity contribution is 5.36. The molecule has 0 spiro atoms. The summed E-state index contributed by atoms with van der Waals surface area (Å²) >= 11 is 0. The van der Waals surface area contributed by atoms with E-state index in [9.17, 15) is 8.78 Å². The van der Waals surface area contributed by atoms with E-state index in [0.717, 1.165) is 24.1 Å². The Hall–Kier alpha value is -1.74. The maximum atomic E-state index is 14.3. The van der Waals surface area contributed by atoms with Gasteiger partial charge in [0.15, 0.2) is 0 Å². The van der Waals surface area contributed by atoms with Crippen LogP contribution in [0.15, 0.2) is 36.4 Å². The maximum Gasteiger partial charge on any atom is 0.128 e. The lowest BCUT2D eigenvalue weighted by molar-refractivity contribution is 0.532. The fraction of sp³-hybridized carbons (Fsp3) is 0.333. The molecule has 0 aliphatic rings. The topological polar surface area (TPSA) is 12.0 Å². The fourth-order valence-electron chi connectivity index (χ4n) is 2.34. The summed E-state index contributed by atoms with van der Waals surface area (Å²) in [6.45, 7) is 6.37. The molecule has 21 heavy (non-hydrogen) atoms. The molecule has 0 fully saturated rings. The molecule has 1 N–H and O–H groups in total. The number of hydrogen-bond acceptors (Lipinski definition) is 1. The van der Waals surface area contributed by atoms with E-state index in [4.69, 9.17) is 0 Å². The Kier molecular flexibility index (Phi) is 5.07. The highest BCUT2D eigenvalue weighted by atomic mass is 19.1. The van der Waals surface area contributed by atoms with Gasteiger partial charge in [-0.05, 0) is 50.1 Å². The lowest BCUT2D eigenvalue weighted by Gasteiger charge is -2.21. The lowest BCUT2D eigenvalue weighted by Crippen LogP contribution is -2.24. The Morgan fingerprint density at radius 2 is 1.67 bits per heavy atom. The smallest absolute Gasteiger partial charge is 0.128 e. The first-order chi connectivity index (χ1) is 10.0. The molecule has 2 rings (SSSR count). The zero-order valence-corrected chi connectivity index (χ0v) is 12.7. The van der Waals surface area contributed by atoms with E-state index in [1.54, 1.807) is 6.92 Å². The van der Waals surface area contributed by atoms with Crippen LogP contribution < -0.4 is 5.32 Å². The van der Waals surface area contributed by atoms with Gasteiger partial charge in [0.25, 0.3) is 0 Å². The largest absolute Gasteiger partial charge is 0.306 e. The van der Waals surface area contributed by atoms with Gasteiger partial charge < -0.3 is 5.32 Å². The fourth-order valence-corrected chi connectivity index (χ4v) is 2.34. The first-order valence-electron chi connectivity index (χ1n) is 7.28. The molecule has 0 aliphatic carbocycles. The summed E-state index contributed by atoms with van der Waals surface area (Å²) in [6.07, 6.45) is 0.929. The molecule has 0 aliphatic heterocycles. The van der Waals surface area contributed by atoms with Gasteiger partial charge in [0.1, 0.15) is 11.6 Å². The number of benzene rings is 2. The first kappa shape index (κ1) is 15.6. The number of hydrogen-bond donors (Lipinski definition) is 1. The monoisotopic (exact) mass is 289 g/mol. The second-order valence-corrected chi connectivity index (χ2v) is 5.42. The van der Waals surface area contributed by atoms with Crippen molar-refractivity contribution in [1.29, 1.82) is 0 Å². The molecule has 0 amide bonds. The van der Waals surface area contributed by atoms with Crippen molar-refractivity contribution in [3.63, 3.8) is 0 Å². The second kappa shape index (κ2) is 6.81. The maximum absolute atomic E-state index is 14.3. The third-order valence-corrected chi connectivity index (χ3v) is 3.60. The molecule has 0 saturated carbocycles. The van der Waals surface area contributed by atoms with E-state index >= 15 is 0 Å². The number of aryl methyl sites for hydroxylation is 2. The molecular weight excluding hydrogens is 268 g/mol. The molecule has 0 saturated heterocycles. The van der Waals surface area contributed by atoms with Gasteiger partial charge in [-0.1, -0.05) is 36.8 Å². The highest BCUT2D eigenvalue weighted by Gasteiger charge is 2.19. The lowest BCUT2D eigenvalue weighted by atomic mass is 9.96. The summed E-state index contributed by atoms with van der Waals surface area (Å²) in [5, 5.41) is 3.30. The Morgan fingerprint density at radius 1 is 1.00 bits per heavy atom. The molecular formula is C18H21F2N. The quantitative estimate of drug-likeness (QED) is 0.843. The van der Waals surface area contributed by atoms with Crippen molar-refractivity contribution >= 4 is 0 Å². The summed E-state index contributed by atoms with van der Waals surface area (Å²) in [4.78, 5) is 0. The van der Waals surface area contributed by atoms with Crippen molar-refractivity contribution < 1.29 is 8.78 Å². The third-order valence-electron chi connectivity index (χ3n) is 3.60. The summed E-state index contributed by atoms with van der Waals surface area (Å²) < 4.78 is 28.1. The van der Waals surface area contributed by atoms with Crippen LogP contribution in [0.2, 0.25) is 0 Å². The summed E-state index contributed by atoms with van der Waals surface area (Å²) in [5.74, 6) is -0.745. The van der Waals surface area contributed by atoms with Gasteiger partial charge in [0, 0.05) is 5.56 Å². The molecule has 1 atom stereocenters. The van der Waals surface area contributed by atoms with E-state index in [0.29, 0.717) is 11.1 Å². The Labute approximate surface area is 125 Å². The molecule has 112 valence electrons. The van der Waals surface area contributed by atoms with E-state index in [1.165, 1.54) is 12.1 Å². The van der Waals surface area contributed by atoms with Crippen molar-refractivity contribution in [2.75, 3.05) is 6.54 Å². The molecule has 0 aromatic heterocycles. The highest BCUT2D eigenvalue weighted by Crippen LogP contribution is 2.27. The van der Waals surface area contributed by atoms with Crippen molar-refractivity contribution in [3.05, 3.63) is 70.3 Å². The summed E-state index contributed by atoms with van der Waals surface area (Å²) in [5.41, 5.74) is 2.77. The van der Waals surface area contributed by atoms with Gasteiger partial charge in [-0.2, -0.15) is 0 Å². The number of rotatable bonds is 5. The molecule has 0 radical (unpaired) electrons. The minimum absolute atomic E-state index is 0.328. The van der Waals surface area contributed by atoms with Crippen LogP contribution in [0.5, 0.6) is 0 Å². The molecule has 0 bridgehead atoms. The van der Waals surface area contributed by atoms with Crippen molar-refractivity contribution in [2.24, 2.45) is 0 Å². The Balaban J connectivity index is 2.45. The van der Waals surface area contributed by atoms with E-state index < -0.39 is 0 Å². The zero-order valence-electron chi connectivity index (χ0n) is 12.7. The summed E-state index contributed by atoms with van der Waals surface area (Å²) in [7, 11) is 0. The van der Waals surface area contributed by atoms with Crippen LogP contribution in [-0.4, -0.2) is 6.54 Å². The van der Waals surface area contributed by atoms with Crippen LogP contribution in [0.3, 0.4) is 0 Å². The van der Waals surface area contributed by atoms with E-state index in [2.05, 4.69) is 5.32 Å². The zero-order chi connectivity index (χ0) is 15.4. The average molecular weight is 289 g/mol. The Bertz CT molecular complexity index is 605. The van der Waals surface area contributed by atoms with Crippen molar-refractivity contribution in [1.82, 2.24) is 5.32 Å². The average Bonchev–Trinajstić information content (AvgIpc) is 2.46. The van der Waals surface area contributed by atoms with Gasteiger partial charge in [0.2, 0.25) is 0 Å². The van der Waals surface area contributed by atoms with E-state index in [1.807, 2.05) is 38.1 Å². The van der Waals surface area contributed by atoms with Crippen LogP contribution in [0, 0.1) is 25.5 Å². The number of nitrogens with one attached hydrogen (secondary N) is 1. The van der Waals surface area contributed by atoms with E-state index in [-0.39, 0.29) is 17.7 Å². The minimum Gasteiger partial charge on any atom is -0.306 e. The van der Waals surface area contributed by atoms with Gasteiger partial charge in [0.05, 0.1) is 6.04 Å². The van der Waals surface area contributed by atoms with Crippen LogP contribution >= 0.6 is 0 Å². The minimum atomic E-state index is -0.373. The third kappa shape index (κ3) is 3.67. The van der Waals surface area contributed by atoms with Crippen LogP contribution in [0.25, 0.3) is 0 Å². The normalized spacial score (nSPS) is 12.4. The first-order valence-corrected chi connectivity index (χ1v) is 7.28. The number of halogens is 2. The summed E-state index contributed by atoms with van der Waals surface area (Å²) in [6, 6.07) is 10.1. The predicted octanol–water partition coefficient (Wildman–Crippen LogP) is 4.67. The van der Waals surface area contributed by atoms with Crippen molar-refractivity contribution in [2.45, 2.75) is 33.2 Å². The van der Waals surface area contributed by atoms with Gasteiger partial charge in [-0.3, -0.25) is 0 Å². The van der Waals surface area contributed by atoms with Gasteiger partial charge >= 0.3 is 0 Å². The standard InChI is InChI=1S/C18H21F2N/c1-4-9-21-18(14-7-5-12(2)6-8-14)15-11-16(19)13(3)10-17(15)20/h5-8,10-11,18,21H,4,9H2,1-3H3. The second-order valence-electron chi connectivity index (χ2n) is 5.42. The predicted molar refractivity (Wildman–Crippen MR) is 82.4 cm³/mol. The van der Waals surface area contributed by atoms with Crippen molar-refractivity contribution in [3.8, 4) is 0 Å². The molecule has 1 unspecified atom stereocenters. The van der Waals surface area contributed by atoms with Crippen LogP contribution in [0.4, 0.5) is 8.78 Å².